The molecule has 0 amide bonds. The number of rotatable bonds is 0. The molecule has 0 saturated carbocycles. The zero-order valence-corrected chi connectivity index (χ0v) is 8.28. The molecule has 94 valence electrons. The Balaban J connectivity index is 3.03. The van der Waals surface area contributed by atoms with Gasteiger partial charge in [0.15, 0.2) is 0 Å². The first kappa shape index (κ1) is 13.3. The van der Waals surface area contributed by atoms with Gasteiger partial charge in [-0.2, -0.15) is 26.3 Å². The molecule has 1 aliphatic rings. The fraction of sp³-hybridized carbons (Fsp3) is 0.778. The van der Waals surface area contributed by atoms with Crippen molar-refractivity contribution in [1.29, 1.82) is 0 Å². The van der Waals surface area contributed by atoms with E-state index in [1.807, 2.05) is 0 Å². The van der Waals surface area contributed by atoms with Crippen molar-refractivity contribution in [2.75, 3.05) is 0 Å². The van der Waals surface area contributed by atoms with E-state index in [1.54, 1.807) is 0 Å². The molecule has 1 N–H and O–H groups in total. The summed E-state index contributed by atoms with van der Waals surface area (Å²) >= 11 is 0. The Morgan fingerprint density at radius 2 is 1.62 bits per heavy atom. The van der Waals surface area contributed by atoms with Crippen LogP contribution < -0.4 is 0 Å². The minimum atomic E-state index is -4.81. The normalized spacial score (nSPS) is 28.5. The number of allylic oxidation sites excluding steroid dienone is 1. The minimum absolute atomic E-state index is 0.409. The lowest BCUT2D eigenvalue weighted by Gasteiger charge is -2.31. The molecular formula is C9H10F6O. The molecule has 2 atom stereocenters. The van der Waals surface area contributed by atoms with Crippen LogP contribution in [0.25, 0.3) is 0 Å². The van der Waals surface area contributed by atoms with Gasteiger partial charge in [-0.15, -0.1) is 0 Å². The molecule has 0 saturated heterocycles. The Hall–Kier alpha value is -0.720. The van der Waals surface area contributed by atoms with E-state index in [9.17, 15) is 31.4 Å². The maximum atomic E-state index is 12.4. The maximum Gasteiger partial charge on any atom is 0.412 e. The molecule has 1 nitrogen and oxygen atoms in total. The second-order valence-corrected chi connectivity index (χ2v) is 3.85. The second-order valence-electron chi connectivity index (χ2n) is 3.85. The van der Waals surface area contributed by atoms with Crippen molar-refractivity contribution in [3.8, 4) is 0 Å². The molecule has 7 heteroatoms. The van der Waals surface area contributed by atoms with Crippen molar-refractivity contribution >= 4 is 0 Å². The van der Waals surface area contributed by atoms with E-state index in [1.165, 1.54) is 0 Å². The van der Waals surface area contributed by atoms with Crippen LogP contribution in [0.2, 0.25) is 0 Å². The molecule has 2 unspecified atom stereocenters. The number of aliphatic hydroxyl groups is 1. The molecule has 0 aromatic carbocycles. The van der Waals surface area contributed by atoms with Gasteiger partial charge in [-0.25, -0.2) is 0 Å². The first-order chi connectivity index (χ1) is 7.03. The van der Waals surface area contributed by atoms with Gasteiger partial charge in [0.1, 0.15) is 0 Å². The zero-order chi connectivity index (χ0) is 12.7. The summed E-state index contributed by atoms with van der Waals surface area (Å²) in [6, 6.07) is 0. The Morgan fingerprint density at radius 1 is 1.12 bits per heavy atom. The van der Waals surface area contributed by atoms with Crippen LogP contribution in [0.15, 0.2) is 11.1 Å². The summed E-state index contributed by atoms with van der Waals surface area (Å²) in [6.07, 6.45) is -13.0. The number of halogens is 6. The van der Waals surface area contributed by atoms with Gasteiger partial charge in [0.25, 0.3) is 0 Å². The highest BCUT2D eigenvalue weighted by molar-refractivity contribution is 5.24. The Labute approximate surface area is 87.8 Å². The van der Waals surface area contributed by atoms with Crippen molar-refractivity contribution < 1.29 is 31.4 Å². The second kappa shape index (κ2) is 3.94. The number of alkyl halides is 6. The summed E-state index contributed by atoms with van der Waals surface area (Å²) in [4.78, 5) is 0. The average Bonchev–Trinajstić information content (AvgIpc) is 2.05. The van der Waals surface area contributed by atoms with E-state index in [2.05, 4.69) is 0 Å². The lowest BCUT2D eigenvalue weighted by molar-refractivity contribution is -0.187. The third kappa shape index (κ3) is 2.69. The van der Waals surface area contributed by atoms with E-state index in [-0.39, 0.29) is 0 Å². The molecule has 1 aliphatic carbocycles. The van der Waals surface area contributed by atoms with Gasteiger partial charge in [0.2, 0.25) is 0 Å². The van der Waals surface area contributed by atoms with Gasteiger partial charge >= 0.3 is 12.4 Å². The van der Waals surface area contributed by atoms with Crippen LogP contribution in [0, 0.1) is 5.92 Å². The van der Waals surface area contributed by atoms with Gasteiger partial charge in [0.05, 0.1) is 12.0 Å². The molecule has 0 fully saturated rings. The van der Waals surface area contributed by atoms with Crippen LogP contribution in [0.3, 0.4) is 0 Å². The van der Waals surface area contributed by atoms with Crippen LogP contribution in [0.5, 0.6) is 0 Å². The zero-order valence-electron chi connectivity index (χ0n) is 8.28. The minimum Gasteiger partial charge on any atom is -0.389 e. The van der Waals surface area contributed by atoms with E-state index < -0.39 is 48.4 Å². The Morgan fingerprint density at radius 3 is 2.00 bits per heavy atom. The summed E-state index contributed by atoms with van der Waals surface area (Å²) in [5.74, 6) is -2.12. The quantitative estimate of drug-likeness (QED) is 0.515. The Kier molecular flexibility index (Phi) is 3.29. The summed E-state index contributed by atoms with van der Waals surface area (Å²) < 4.78 is 74.1. The van der Waals surface area contributed by atoms with Crippen molar-refractivity contribution in [2.24, 2.45) is 5.92 Å². The molecule has 0 aliphatic heterocycles. The third-order valence-corrected chi connectivity index (χ3v) is 2.74. The average molecular weight is 248 g/mol. The van der Waals surface area contributed by atoms with E-state index in [4.69, 9.17) is 0 Å². The molecule has 0 bridgehead atoms. The third-order valence-electron chi connectivity index (χ3n) is 2.74. The predicted octanol–water partition coefficient (Wildman–Crippen LogP) is 3.20. The van der Waals surface area contributed by atoms with Crippen molar-refractivity contribution in [2.45, 2.75) is 38.2 Å². The van der Waals surface area contributed by atoms with Gasteiger partial charge in [-0.05, 0) is 25.3 Å². The highest BCUT2D eigenvalue weighted by Crippen LogP contribution is 2.44. The fourth-order valence-electron chi connectivity index (χ4n) is 1.73. The van der Waals surface area contributed by atoms with E-state index in [0.717, 1.165) is 6.92 Å². The summed E-state index contributed by atoms with van der Waals surface area (Å²) in [6.45, 7) is 1.01. The largest absolute Gasteiger partial charge is 0.412 e. The fourth-order valence-corrected chi connectivity index (χ4v) is 1.73. The van der Waals surface area contributed by atoms with Gasteiger partial charge in [-0.3, -0.25) is 0 Å². The topological polar surface area (TPSA) is 20.2 Å². The lowest BCUT2D eigenvalue weighted by atomic mass is 9.82. The highest BCUT2D eigenvalue weighted by atomic mass is 19.4. The highest BCUT2D eigenvalue weighted by Gasteiger charge is 2.49. The summed E-state index contributed by atoms with van der Waals surface area (Å²) in [5, 5.41) is 9.19. The van der Waals surface area contributed by atoms with Gasteiger partial charge in [0, 0.05) is 5.57 Å². The number of aliphatic hydroxyl groups excluding tert-OH is 1. The Bertz CT molecular complexity index is 300. The lowest BCUT2D eigenvalue weighted by Crippen LogP contribution is -2.35. The molecule has 0 radical (unpaired) electrons. The molecule has 1 rings (SSSR count). The van der Waals surface area contributed by atoms with E-state index >= 15 is 0 Å². The van der Waals surface area contributed by atoms with Gasteiger partial charge < -0.3 is 5.11 Å². The first-order valence-electron chi connectivity index (χ1n) is 4.55. The number of hydrogen-bond donors (Lipinski definition) is 1. The van der Waals surface area contributed by atoms with Crippen molar-refractivity contribution in [1.82, 2.24) is 0 Å². The summed E-state index contributed by atoms with van der Waals surface area (Å²) in [7, 11) is 0. The van der Waals surface area contributed by atoms with Crippen LogP contribution in [0.1, 0.15) is 19.8 Å². The summed E-state index contributed by atoms with van der Waals surface area (Å²) in [5.41, 5.74) is -1.67. The maximum absolute atomic E-state index is 12.4. The SMILES string of the molecule is CC1=C(C(F)(F)F)CC(C(F)(F)F)CC1O. The number of hydrogen-bond acceptors (Lipinski definition) is 1. The van der Waals surface area contributed by atoms with Crippen LogP contribution >= 0.6 is 0 Å². The van der Waals surface area contributed by atoms with Crippen molar-refractivity contribution in [3.63, 3.8) is 0 Å². The van der Waals surface area contributed by atoms with Crippen molar-refractivity contribution in [3.05, 3.63) is 11.1 Å². The molecule has 0 aromatic heterocycles. The van der Waals surface area contributed by atoms with Crippen LogP contribution in [-0.2, 0) is 0 Å². The standard InChI is InChI=1S/C9H10F6O/c1-4-6(9(13,14)15)2-5(3-7(4)16)8(10,11)12/h5,7,16H,2-3H2,1H3. The first-order valence-corrected chi connectivity index (χ1v) is 4.55. The molecule has 0 spiro atoms. The smallest absolute Gasteiger partial charge is 0.389 e. The molecular weight excluding hydrogens is 238 g/mol. The monoisotopic (exact) mass is 248 g/mol. The van der Waals surface area contributed by atoms with E-state index in [0.29, 0.717) is 0 Å². The van der Waals surface area contributed by atoms with Crippen LogP contribution in [-0.4, -0.2) is 23.6 Å². The van der Waals surface area contributed by atoms with Crippen LogP contribution in [0.4, 0.5) is 26.3 Å². The molecule has 0 aromatic rings. The molecule has 0 heterocycles. The van der Waals surface area contributed by atoms with Gasteiger partial charge in [-0.1, -0.05) is 0 Å². The predicted molar refractivity (Wildman–Crippen MR) is 43.5 cm³/mol. The molecule has 16 heavy (non-hydrogen) atoms.